The third kappa shape index (κ3) is 4.97. The number of hydrogen-bond donors (Lipinski definition) is 0. The highest BCUT2D eigenvalue weighted by atomic mass is 35.5. The third-order valence-corrected chi connectivity index (χ3v) is 5.01. The molecular formula is C24H15ClN2O6. The largest absolute Gasteiger partial charge is 0.423 e. The maximum atomic E-state index is 12.2. The number of nitro benzene ring substituents is 1. The Hall–Kier alpha value is -4.30. The monoisotopic (exact) mass is 462 g/mol. The number of cyclic esters (lactones) is 1. The predicted octanol–water partition coefficient (Wildman–Crippen LogP) is 5.12. The summed E-state index contributed by atoms with van der Waals surface area (Å²) >= 11 is 5.82. The van der Waals surface area contributed by atoms with Crippen LogP contribution >= 0.6 is 11.6 Å². The maximum absolute atomic E-state index is 12.2. The van der Waals surface area contributed by atoms with Crippen LogP contribution in [-0.4, -0.2) is 22.8 Å². The molecule has 3 aromatic carbocycles. The second kappa shape index (κ2) is 9.05. The van der Waals surface area contributed by atoms with Crippen molar-refractivity contribution in [2.75, 3.05) is 0 Å². The molecule has 1 aliphatic rings. The fourth-order valence-corrected chi connectivity index (χ4v) is 3.15. The van der Waals surface area contributed by atoms with Crippen LogP contribution in [0.1, 0.15) is 27.0 Å². The van der Waals surface area contributed by atoms with E-state index in [-0.39, 0.29) is 27.9 Å². The maximum Gasteiger partial charge on any atom is 0.363 e. The normalized spacial score (nSPS) is 14.1. The zero-order valence-electron chi connectivity index (χ0n) is 17.2. The molecule has 0 amide bonds. The van der Waals surface area contributed by atoms with Crippen molar-refractivity contribution in [1.29, 1.82) is 0 Å². The van der Waals surface area contributed by atoms with Crippen molar-refractivity contribution < 1.29 is 24.0 Å². The van der Waals surface area contributed by atoms with E-state index in [9.17, 15) is 19.7 Å². The third-order valence-electron chi connectivity index (χ3n) is 4.69. The summed E-state index contributed by atoms with van der Waals surface area (Å²) in [6.45, 7) is 1.93. The SMILES string of the molecule is Cc1ccc(C(=O)Oc2ccc(/C=C3\N=C(c4ccc(Cl)c([N+](=O)[O-])c4)OC3=O)cc2)cc1. The number of ether oxygens (including phenoxy) is 2. The Bertz CT molecular complexity index is 1330. The Labute approximate surface area is 192 Å². The van der Waals surface area contributed by atoms with Gasteiger partial charge in [-0.25, -0.2) is 14.6 Å². The molecule has 9 heteroatoms. The zero-order valence-corrected chi connectivity index (χ0v) is 17.9. The lowest BCUT2D eigenvalue weighted by Crippen LogP contribution is -2.08. The molecule has 8 nitrogen and oxygen atoms in total. The van der Waals surface area contributed by atoms with Gasteiger partial charge in [-0.3, -0.25) is 10.1 Å². The molecular weight excluding hydrogens is 448 g/mol. The second-order valence-electron chi connectivity index (χ2n) is 7.08. The number of nitro groups is 1. The zero-order chi connectivity index (χ0) is 23.5. The summed E-state index contributed by atoms with van der Waals surface area (Å²) in [6.07, 6.45) is 1.49. The molecule has 0 bridgehead atoms. The van der Waals surface area contributed by atoms with Crippen LogP contribution in [0.4, 0.5) is 5.69 Å². The molecule has 0 aliphatic carbocycles. The Morgan fingerprint density at radius 1 is 1.09 bits per heavy atom. The van der Waals surface area contributed by atoms with Crippen LogP contribution in [0.5, 0.6) is 5.75 Å². The van der Waals surface area contributed by atoms with Gasteiger partial charge < -0.3 is 9.47 Å². The summed E-state index contributed by atoms with van der Waals surface area (Å²) in [4.78, 5) is 39.0. The summed E-state index contributed by atoms with van der Waals surface area (Å²) in [5, 5.41) is 11.0. The van der Waals surface area contributed by atoms with Crippen molar-refractivity contribution in [2.24, 2.45) is 4.99 Å². The van der Waals surface area contributed by atoms with Gasteiger partial charge in [0.25, 0.3) is 5.69 Å². The number of aryl methyl sites for hydroxylation is 1. The lowest BCUT2D eigenvalue weighted by atomic mass is 10.1. The minimum Gasteiger partial charge on any atom is -0.423 e. The Kier molecular flexibility index (Phi) is 6.01. The highest BCUT2D eigenvalue weighted by Gasteiger charge is 2.26. The fourth-order valence-electron chi connectivity index (χ4n) is 2.96. The quantitative estimate of drug-likeness (QED) is 0.171. The van der Waals surface area contributed by atoms with E-state index in [0.29, 0.717) is 16.9 Å². The van der Waals surface area contributed by atoms with Crippen molar-refractivity contribution >= 4 is 41.2 Å². The standard InChI is InChI=1S/C24H15ClN2O6/c1-14-2-6-16(7-3-14)23(28)32-18-9-4-15(5-10-18)12-20-24(29)33-22(26-20)17-8-11-19(25)21(13-17)27(30)31/h2-13H,1H3/b20-12-. The average molecular weight is 463 g/mol. The average Bonchev–Trinajstić information content (AvgIpc) is 3.15. The Morgan fingerprint density at radius 2 is 1.79 bits per heavy atom. The molecule has 0 atom stereocenters. The molecule has 4 rings (SSSR count). The van der Waals surface area contributed by atoms with E-state index in [1.54, 1.807) is 36.4 Å². The van der Waals surface area contributed by atoms with E-state index in [1.807, 2.05) is 19.1 Å². The van der Waals surface area contributed by atoms with Crippen LogP contribution in [0.2, 0.25) is 5.02 Å². The van der Waals surface area contributed by atoms with Gasteiger partial charge in [-0.15, -0.1) is 0 Å². The van der Waals surface area contributed by atoms with Gasteiger partial charge >= 0.3 is 11.9 Å². The first-order chi connectivity index (χ1) is 15.8. The fraction of sp³-hybridized carbons (Fsp3) is 0.0417. The first-order valence-electron chi connectivity index (χ1n) is 9.66. The highest BCUT2D eigenvalue weighted by Crippen LogP contribution is 2.28. The summed E-state index contributed by atoms with van der Waals surface area (Å²) in [5.74, 6) is -0.895. The number of hydrogen-bond acceptors (Lipinski definition) is 7. The predicted molar refractivity (Wildman–Crippen MR) is 121 cm³/mol. The molecule has 1 aliphatic heterocycles. The van der Waals surface area contributed by atoms with E-state index in [0.717, 1.165) is 5.56 Å². The first kappa shape index (κ1) is 21.9. The number of nitrogens with zero attached hydrogens (tertiary/aromatic N) is 2. The first-order valence-corrected chi connectivity index (χ1v) is 10.0. The molecule has 164 valence electrons. The Balaban J connectivity index is 1.50. The number of halogens is 1. The number of aliphatic imine (C=N–C) groups is 1. The summed E-state index contributed by atoms with van der Waals surface area (Å²) < 4.78 is 10.5. The number of carbonyl (C=O) groups excluding carboxylic acids is 2. The van der Waals surface area contributed by atoms with E-state index in [2.05, 4.69) is 4.99 Å². The van der Waals surface area contributed by atoms with Crippen LogP contribution in [-0.2, 0) is 9.53 Å². The number of benzene rings is 3. The molecule has 3 aromatic rings. The molecule has 1 heterocycles. The number of carbonyl (C=O) groups is 2. The molecule has 33 heavy (non-hydrogen) atoms. The van der Waals surface area contributed by atoms with Crippen LogP contribution in [0.15, 0.2) is 77.4 Å². The van der Waals surface area contributed by atoms with Gasteiger partial charge in [-0.05, 0) is 55.0 Å². The van der Waals surface area contributed by atoms with Crippen LogP contribution in [0.3, 0.4) is 0 Å². The van der Waals surface area contributed by atoms with Crippen LogP contribution < -0.4 is 4.74 Å². The molecule has 0 unspecified atom stereocenters. The van der Waals surface area contributed by atoms with E-state index in [1.165, 1.54) is 24.3 Å². The minimum absolute atomic E-state index is 0.0204. The van der Waals surface area contributed by atoms with Crippen molar-refractivity contribution in [3.8, 4) is 5.75 Å². The van der Waals surface area contributed by atoms with Crippen molar-refractivity contribution in [3.05, 3.63) is 110 Å². The van der Waals surface area contributed by atoms with Crippen molar-refractivity contribution in [2.45, 2.75) is 6.92 Å². The van der Waals surface area contributed by atoms with E-state index >= 15 is 0 Å². The lowest BCUT2D eigenvalue weighted by Gasteiger charge is -2.05. The van der Waals surface area contributed by atoms with Crippen LogP contribution in [0, 0.1) is 17.0 Å². The van der Waals surface area contributed by atoms with Crippen LogP contribution in [0.25, 0.3) is 6.08 Å². The lowest BCUT2D eigenvalue weighted by molar-refractivity contribution is -0.384. The van der Waals surface area contributed by atoms with E-state index < -0.39 is 16.9 Å². The highest BCUT2D eigenvalue weighted by molar-refractivity contribution is 6.32. The molecule has 0 saturated carbocycles. The second-order valence-corrected chi connectivity index (χ2v) is 7.49. The Morgan fingerprint density at radius 3 is 2.45 bits per heavy atom. The number of rotatable bonds is 5. The minimum atomic E-state index is -0.697. The van der Waals surface area contributed by atoms with Gasteiger partial charge in [0.05, 0.1) is 10.5 Å². The van der Waals surface area contributed by atoms with Gasteiger partial charge in [0.2, 0.25) is 5.90 Å². The van der Waals surface area contributed by atoms with Crippen molar-refractivity contribution in [1.82, 2.24) is 0 Å². The molecule has 0 N–H and O–H groups in total. The molecule has 0 aromatic heterocycles. The van der Waals surface area contributed by atoms with E-state index in [4.69, 9.17) is 21.1 Å². The summed E-state index contributed by atoms with van der Waals surface area (Å²) in [6, 6.07) is 17.5. The summed E-state index contributed by atoms with van der Waals surface area (Å²) in [5.41, 5.74) is 2.04. The molecule has 0 radical (unpaired) electrons. The van der Waals surface area contributed by atoms with Crippen molar-refractivity contribution in [3.63, 3.8) is 0 Å². The van der Waals surface area contributed by atoms with Gasteiger partial charge in [-0.1, -0.05) is 41.4 Å². The molecule has 0 saturated heterocycles. The topological polar surface area (TPSA) is 108 Å². The van der Waals surface area contributed by atoms with Gasteiger partial charge in [0, 0.05) is 11.6 Å². The smallest absolute Gasteiger partial charge is 0.363 e. The van der Waals surface area contributed by atoms with Gasteiger partial charge in [0.1, 0.15) is 10.8 Å². The molecule has 0 fully saturated rings. The molecule has 0 spiro atoms. The van der Waals surface area contributed by atoms with Gasteiger partial charge in [0.15, 0.2) is 5.70 Å². The number of esters is 2. The van der Waals surface area contributed by atoms with Gasteiger partial charge in [-0.2, -0.15) is 0 Å². The summed E-state index contributed by atoms with van der Waals surface area (Å²) in [7, 11) is 0.